The zero-order chi connectivity index (χ0) is 19.4. The molecular weight excluding hydrogens is 355 g/mol. The maximum absolute atomic E-state index is 12.6. The van der Waals surface area contributed by atoms with Gasteiger partial charge in [0.2, 0.25) is 5.91 Å². The topological polar surface area (TPSA) is 38.3 Å². The molecule has 0 bridgehead atoms. The van der Waals surface area contributed by atoms with Crippen molar-refractivity contribution in [1.29, 1.82) is 0 Å². The van der Waals surface area contributed by atoms with E-state index < -0.39 is 11.7 Å². The number of amides is 1. The minimum absolute atomic E-state index is 0.0227. The third-order valence-electron chi connectivity index (χ3n) is 4.63. The summed E-state index contributed by atoms with van der Waals surface area (Å²) >= 11 is 0. The molecule has 0 spiro atoms. The smallest absolute Gasteiger partial charge is 0.416 e. The normalized spacial score (nSPS) is 14.4. The first kappa shape index (κ1) is 19.3. The van der Waals surface area contributed by atoms with Crippen molar-refractivity contribution >= 4 is 5.91 Å². The summed E-state index contributed by atoms with van der Waals surface area (Å²) in [5.41, 5.74) is 2.39. The quantitative estimate of drug-likeness (QED) is 0.814. The number of aryl methyl sites for hydroxylation is 1. The third-order valence-corrected chi connectivity index (χ3v) is 4.63. The van der Waals surface area contributed by atoms with E-state index in [1.807, 2.05) is 19.1 Å². The Kier molecular flexibility index (Phi) is 5.73. The number of ether oxygens (including phenoxy) is 1. The third kappa shape index (κ3) is 5.25. The maximum atomic E-state index is 12.6. The first-order valence-electron chi connectivity index (χ1n) is 9.01. The van der Waals surface area contributed by atoms with Crippen molar-refractivity contribution in [2.24, 2.45) is 0 Å². The van der Waals surface area contributed by atoms with Crippen molar-refractivity contribution in [3.63, 3.8) is 0 Å². The number of halogens is 3. The molecule has 1 amide bonds. The van der Waals surface area contributed by atoms with Gasteiger partial charge in [-0.25, -0.2) is 0 Å². The number of nitrogens with one attached hydrogen (secondary N) is 1. The van der Waals surface area contributed by atoms with E-state index in [0.717, 1.165) is 42.9 Å². The van der Waals surface area contributed by atoms with Crippen molar-refractivity contribution in [1.82, 2.24) is 5.32 Å². The molecule has 1 atom stereocenters. The lowest BCUT2D eigenvalue weighted by atomic mass is 10.0. The summed E-state index contributed by atoms with van der Waals surface area (Å²) in [4.78, 5) is 12.1. The van der Waals surface area contributed by atoms with Gasteiger partial charge in [0.1, 0.15) is 5.75 Å². The van der Waals surface area contributed by atoms with Crippen LogP contribution >= 0.6 is 0 Å². The molecule has 0 radical (unpaired) electrons. The van der Waals surface area contributed by atoms with Gasteiger partial charge in [0.25, 0.3) is 0 Å². The summed E-state index contributed by atoms with van der Waals surface area (Å²) in [6.45, 7) is 2.66. The Morgan fingerprint density at radius 1 is 1.15 bits per heavy atom. The predicted molar refractivity (Wildman–Crippen MR) is 96.7 cm³/mol. The SMILES string of the molecule is CC(Cc1ccc2c(c1)CCO2)NC(=O)CCc1ccc(C(F)(F)F)cc1. The maximum Gasteiger partial charge on any atom is 0.416 e. The van der Waals surface area contributed by atoms with Crippen LogP contribution in [0.5, 0.6) is 5.75 Å². The zero-order valence-electron chi connectivity index (χ0n) is 15.1. The fraction of sp³-hybridized carbons (Fsp3) is 0.381. The summed E-state index contributed by atoms with van der Waals surface area (Å²) < 4.78 is 43.2. The first-order valence-corrected chi connectivity index (χ1v) is 9.01. The Balaban J connectivity index is 1.46. The molecule has 0 saturated heterocycles. The monoisotopic (exact) mass is 377 g/mol. The highest BCUT2D eigenvalue weighted by molar-refractivity contribution is 5.76. The standard InChI is InChI=1S/C21H22F3NO2/c1-14(12-16-4-8-19-17(13-16)10-11-27-19)25-20(26)9-5-15-2-6-18(7-3-15)21(22,23)24/h2-4,6-8,13-14H,5,9-12H2,1H3,(H,25,26). The predicted octanol–water partition coefficient (Wildman–Crippen LogP) is 4.32. The Labute approximate surface area is 156 Å². The van der Waals surface area contributed by atoms with E-state index >= 15 is 0 Å². The summed E-state index contributed by atoms with van der Waals surface area (Å²) in [7, 11) is 0. The number of alkyl halides is 3. The van der Waals surface area contributed by atoms with E-state index in [2.05, 4.69) is 11.4 Å². The summed E-state index contributed by atoms with van der Waals surface area (Å²) in [5.74, 6) is 0.832. The molecule has 6 heteroatoms. The Bertz CT molecular complexity index is 800. The summed E-state index contributed by atoms with van der Waals surface area (Å²) in [6.07, 6.45) is -2.05. The Morgan fingerprint density at radius 3 is 2.56 bits per heavy atom. The van der Waals surface area contributed by atoms with E-state index in [9.17, 15) is 18.0 Å². The highest BCUT2D eigenvalue weighted by Gasteiger charge is 2.29. The molecule has 1 aliphatic rings. The molecule has 0 fully saturated rings. The van der Waals surface area contributed by atoms with Gasteiger partial charge in [-0.2, -0.15) is 13.2 Å². The molecule has 3 rings (SSSR count). The van der Waals surface area contributed by atoms with E-state index in [1.165, 1.54) is 17.7 Å². The minimum atomic E-state index is -4.34. The highest BCUT2D eigenvalue weighted by atomic mass is 19.4. The molecule has 1 unspecified atom stereocenters. The van der Waals surface area contributed by atoms with Crippen molar-refractivity contribution in [2.75, 3.05) is 6.61 Å². The average Bonchev–Trinajstić information content (AvgIpc) is 3.07. The number of rotatable bonds is 6. The van der Waals surface area contributed by atoms with Crippen LogP contribution in [-0.2, 0) is 30.2 Å². The second kappa shape index (κ2) is 8.03. The second-order valence-corrected chi connectivity index (χ2v) is 6.91. The fourth-order valence-corrected chi connectivity index (χ4v) is 3.24. The lowest BCUT2D eigenvalue weighted by Crippen LogP contribution is -2.34. The van der Waals surface area contributed by atoms with Crippen LogP contribution < -0.4 is 10.1 Å². The van der Waals surface area contributed by atoms with Crippen LogP contribution in [0.4, 0.5) is 13.2 Å². The average molecular weight is 377 g/mol. The van der Waals surface area contributed by atoms with Crippen molar-refractivity contribution in [3.8, 4) is 5.75 Å². The lowest BCUT2D eigenvalue weighted by molar-refractivity contribution is -0.137. The van der Waals surface area contributed by atoms with Crippen molar-refractivity contribution in [3.05, 3.63) is 64.7 Å². The van der Waals surface area contributed by atoms with Gasteiger partial charge in [0.15, 0.2) is 0 Å². The van der Waals surface area contributed by atoms with E-state index in [0.29, 0.717) is 12.0 Å². The van der Waals surface area contributed by atoms with Gasteiger partial charge in [-0.15, -0.1) is 0 Å². The Hall–Kier alpha value is -2.50. The molecule has 1 aliphatic heterocycles. The summed E-state index contributed by atoms with van der Waals surface area (Å²) in [6, 6.07) is 11.0. The number of carbonyl (C=O) groups excluding carboxylic acids is 1. The van der Waals surface area contributed by atoms with E-state index in [-0.39, 0.29) is 18.4 Å². The van der Waals surface area contributed by atoms with Gasteiger partial charge in [0, 0.05) is 18.9 Å². The molecule has 1 N–H and O–H groups in total. The van der Waals surface area contributed by atoms with E-state index in [4.69, 9.17) is 4.74 Å². The Morgan fingerprint density at radius 2 is 1.85 bits per heavy atom. The molecule has 3 nitrogen and oxygen atoms in total. The number of hydrogen-bond donors (Lipinski definition) is 1. The molecule has 2 aromatic rings. The molecular formula is C21H22F3NO2. The van der Waals surface area contributed by atoms with Crippen LogP contribution in [-0.4, -0.2) is 18.6 Å². The molecule has 0 saturated carbocycles. The van der Waals surface area contributed by atoms with Crippen LogP contribution in [0.2, 0.25) is 0 Å². The van der Waals surface area contributed by atoms with Gasteiger partial charge in [0.05, 0.1) is 12.2 Å². The van der Waals surface area contributed by atoms with E-state index in [1.54, 1.807) is 0 Å². The van der Waals surface area contributed by atoms with Gasteiger partial charge in [-0.1, -0.05) is 24.3 Å². The molecule has 2 aromatic carbocycles. The first-order chi connectivity index (χ1) is 12.8. The second-order valence-electron chi connectivity index (χ2n) is 6.91. The van der Waals surface area contributed by atoms with Crippen LogP contribution in [0.3, 0.4) is 0 Å². The molecule has 0 aromatic heterocycles. The van der Waals surface area contributed by atoms with Crippen molar-refractivity contribution in [2.45, 2.75) is 44.8 Å². The number of carbonyl (C=O) groups is 1. The minimum Gasteiger partial charge on any atom is -0.493 e. The largest absolute Gasteiger partial charge is 0.493 e. The van der Waals surface area contributed by atoms with Gasteiger partial charge in [-0.3, -0.25) is 4.79 Å². The van der Waals surface area contributed by atoms with Gasteiger partial charge < -0.3 is 10.1 Å². The number of benzene rings is 2. The zero-order valence-corrected chi connectivity index (χ0v) is 15.1. The lowest BCUT2D eigenvalue weighted by Gasteiger charge is -2.15. The van der Waals surface area contributed by atoms with Gasteiger partial charge in [-0.05, 0) is 54.7 Å². The molecule has 144 valence electrons. The molecule has 1 heterocycles. The number of hydrogen-bond acceptors (Lipinski definition) is 2. The highest BCUT2D eigenvalue weighted by Crippen LogP contribution is 2.29. The van der Waals surface area contributed by atoms with Crippen LogP contribution in [0, 0.1) is 0 Å². The number of fused-ring (bicyclic) bond motifs is 1. The van der Waals surface area contributed by atoms with Crippen molar-refractivity contribution < 1.29 is 22.7 Å². The molecule has 0 aliphatic carbocycles. The van der Waals surface area contributed by atoms with Crippen LogP contribution in [0.25, 0.3) is 0 Å². The van der Waals surface area contributed by atoms with Gasteiger partial charge >= 0.3 is 6.18 Å². The van der Waals surface area contributed by atoms with Crippen LogP contribution in [0.1, 0.15) is 35.6 Å². The van der Waals surface area contributed by atoms with Crippen LogP contribution in [0.15, 0.2) is 42.5 Å². The summed E-state index contributed by atoms with van der Waals surface area (Å²) in [5, 5.41) is 2.95. The molecule has 27 heavy (non-hydrogen) atoms. The fourth-order valence-electron chi connectivity index (χ4n) is 3.24.